The molecule has 4 aliphatic rings. The fourth-order valence-corrected chi connectivity index (χ4v) is 11.1. The van der Waals surface area contributed by atoms with E-state index in [1.54, 1.807) is 0 Å². The number of ether oxygens (including phenoxy) is 1. The fraction of sp³-hybridized carbons (Fsp3) is 0.0370. The zero-order valence-electron chi connectivity index (χ0n) is 29.9. The van der Waals surface area contributed by atoms with Crippen molar-refractivity contribution in [2.75, 3.05) is 0 Å². The minimum absolute atomic E-state index is 0.428. The molecule has 9 aromatic carbocycles. The average molecular weight is 697 g/mol. The molecule has 0 fully saturated rings. The fourth-order valence-electron chi connectivity index (χ4n) is 11.1. The Morgan fingerprint density at radius 3 is 1.44 bits per heavy atom. The molecular formula is C54H32O. The quantitative estimate of drug-likeness (QED) is 0.166. The van der Waals surface area contributed by atoms with E-state index in [2.05, 4.69) is 194 Å². The van der Waals surface area contributed by atoms with Crippen LogP contribution in [0.2, 0.25) is 0 Å². The van der Waals surface area contributed by atoms with Gasteiger partial charge in [0.15, 0.2) is 0 Å². The van der Waals surface area contributed by atoms with E-state index in [1.807, 2.05) is 0 Å². The number of fused-ring (bicyclic) bond motifs is 20. The highest BCUT2D eigenvalue weighted by molar-refractivity contribution is 6.03. The third kappa shape index (κ3) is 3.46. The number of benzene rings is 9. The van der Waals surface area contributed by atoms with Crippen LogP contribution in [0.5, 0.6) is 11.5 Å². The Morgan fingerprint density at radius 2 is 0.745 bits per heavy atom. The molecule has 0 bridgehead atoms. The molecule has 0 aromatic heterocycles. The summed E-state index contributed by atoms with van der Waals surface area (Å²) in [5.74, 6) is 1.82. The van der Waals surface area contributed by atoms with Crippen LogP contribution in [-0.2, 0) is 10.8 Å². The first-order valence-electron chi connectivity index (χ1n) is 19.3. The summed E-state index contributed by atoms with van der Waals surface area (Å²) < 4.78 is 6.97. The van der Waals surface area contributed by atoms with Crippen LogP contribution in [0.1, 0.15) is 44.5 Å². The van der Waals surface area contributed by atoms with E-state index in [1.165, 1.54) is 94.2 Å². The first-order chi connectivity index (χ1) is 27.3. The monoisotopic (exact) mass is 696 g/mol. The molecule has 1 heteroatoms. The first kappa shape index (κ1) is 29.5. The third-order valence-electron chi connectivity index (χ3n) is 13.1. The van der Waals surface area contributed by atoms with Gasteiger partial charge in [-0.2, -0.15) is 0 Å². The first-order valence-corrected chi connectivity index (χ1v) is 19.3. The topological polar surface area (TPSA) is 9.23 Å². The van der Waals surface area contributed by atoms with Crippen molar-refractivity contribution in [3.8, 4) is 56.0 Å². The van der Waals surface area contributed by atoms with Crippen LogP contribution < -0.4 is 4.74 Å². The summed E-state index contributed by atoms with van der Waals surface area (Å²) in [6.45, 7) is 0. The molecule has 1 unspecified atom stereocenters. The summed E-state index contributed by atoms with van der Waals surface area (Å²) in [5.41, 5.74) is 19.7. The molecule has 3 aliphatic carbocycles. The second-order valence-electron chi connectivity index (χ2n) is 15.5. The second-order valence-corrected chi connectivity index (χ2v) is 15.5. The Bertz CT molecular complexity index is 3100. The highest BCUT2D eigenvalue weighted by Gasteiger charge is 2.53. The Labute approximate surface area is 319 Å². The van der Waals surface area contributed by atoms with Crippen molar-refractivity contribution in [3.63, 3.8) is 0 Å². The molecular weight excluding hydrogens is 665 g/mol. The van der Waals surface area contributed by atoms with Gasteiger partial charge < -0.3 is 4.74 Å². The molecule has 1 heterocycles. The lowest BCUT2D eigenvalue weighted by atomic mass is 9.66. The SMILES string of the molecule is c1ccc2c(c1)Oc1cc(-c3cccc4c3-c3ccccc3C43c4ccccc4-c4cc5ccccc5cc43)ccc1C21c2ccccc2-c2ccccc21. The molecule has 254 valence electrons. The predicted molar refractivity (Wildman–Crippen MR) is 223 cm³/mol. The van der Waals surface area contributed by atoms with E-state index in [4.69, 9.17) is 4.74 Å². The van der Waals surface area contributed by atoms with Gasteiger partial charge in [-0.3, -0.25) is 0 Å². The smallest absolute Gasteiger partial charge is 0.132 e. The lowest BCUT2D eigenvalue weighted by Gasteiger charge is -2.39. The molecule has 13 rings (SSSR count). The van der Waals surface area contributed by atoms with Gasteiger partial charge in [-0.05, 0) is 113 Å². The van der Waals surface area contributed by atoms with Crippen molar-refractivity contribution in [3.05, 3.63) is 239 Å². The summed E-state index contributed by atoms with van der Waals surface area (Å²) in [4.78, 5) is 0. The van der Waals surface area contributed by atoms with Crippen LogP contribution >= 0.6 is 0 Å². The molecule has 2 spiro atoms. The maximum atomic E-state index is 6.97. The molecule has 0 N–H and O–H groups in total. The second kappa shape index (κ2) is 10.4. The standard InChI is InChI=1S/C54H32O/c1-2-15-34-31-49-41(30-33(34)14-1)39-18-5-9-23-44(39)54(49)45-24-10-6-19-40(45)52-36(20-13-26-48(52)54)35-28-29-47-51(32-35)55-50-27-12-11-25-46(50)53(47)42-21-7-3-16-37(42)38-17-4-8-22-43(38)53/h1-32H. The van der Waals surface area contributed by atoms with Gasteiger partial charge in [-0.1, -0.05) is 170 Å². The molecule has 1 atom stereocenters. The molecule has 1 aliphatic heterocycles. The van der Waals surface area contributed by atoms with Gasteiger partial charge in [0, 0.05) is 11.1 Å². The van der Waals surface area contributed by atoms with Crippen LogP contribution in [0.4, 0.5) is 0 Å². The highest BCUT2D eigenvalue weighted by atomic mass is 16.5. The van der Waals surface area contributed by atoms with Crippen molar-refractivity contribution < 1.29 is 4.74 Å². The predicted octanol–water partition coefficient (Wildman–Crippen LogP) is 13.3. The largest absolute Gasteiger partial charge is 0.457 e. The minimum Gasteiger partial charge on any atom is -0.457 e. The summed E-state index contributed by atoms with van der Waals surface area (Å²) >= 11 is 0. The van der Waals surface area contributed by atoms with Crippen LogP contribution in [0.25, 0.3) is 55.3 Å². The molecule has 1 nitrogen and oxygen atoms in total. The van der Waals surface area contributed by atoms with Crippen LogP contribution in [-0.4, -0.2) is 0 Å². The van der Waals surface area contributed by atoms with Crippen LogP contribution in [0.15, 0.2) is 194 Å². The Balaban J connectivity index is 1.08. The van der Waals surface area contributed by atoms with Gasteiger partial charge in [0.05, 0.1) is 10.8 Å². The average Bonchev–Trinajstić information content (AvgIpc) is 3.83. The summed E-state index contributed by atoms with van der Waals surface area (Å²) in [5, 5.41) is 2.54. The van der Waals surface area contributed by atoms with Gasteiger partial charge in [-0.25, -0.2) is 0 Å². The van der Waals surface area contributed by atoms with Gasteiger partial charge in [-0.15, -0.1) is 0 Å². The van der Waals surface area contributed by atoms with Crippen molar-refractivity contribution in [1.82, 2.24) is 0 Å². The van der Waals surface area contributed by atoms with E-state index in [0.717, 1.165) is 17.1 Å². The zero-order chi connectivity index (χ0) is 35.9. The number of hydrogen-bond acceptors (Lipinski definition) is 1. The van der Waals surface area contributed by atoms with E-state index in [0.29, 0.717) is 0 Å². The van der Waals surface area contributed by atoms with Crippen molar-refractivity contribution in [2.45, 2.75) is 10.8 Å². The lowest BCUT2D eigenvalue weighted by Crippen LogP contribution is -2.32. The maximum absolute atomic E-state index is 6.97. The highest BCUT2D eigenvalue weighted by Crippen LogP contribution is 2.66. The normalized spacial score (nSPS) is 16.7. The molecule has 0 saturated heterocycles. The van der Waals surface area contributed by atoms with Crippen molar-refractivity contribution in [1.29, 1.82) is 0 Å². The van der Waals surface area contributed by atoms with Crippen molar-refractivity contribution >= 4 is 10.8 Å². The summed E-state index contributed by atoms with van der Waals surface area (Å²) in [7, 11) is 0. The Kier molecular flexibility index (Phi) is 5.56. The van der Waals surface area contributed by atoms with Crippen LogP contribution in [0, 0.1) is 0 Å². The van der Waals surface area contributed by atoms with Gasteiger partial charge in [0.2, 0.25) is 0 Å². The van der Waals surface area contributed by atoms with Crippen molar-refractivity contribution in [2.24, 2.45) is 0 Å². The van der Waals surface area contributed by atoms with E-state index < -0.39 is 10.8 Å². The molecule has 0 saturated carbocycles. The van der Waals surface area contributed by atoms with E-state index in [9.17, 15) is 0 Å². The van der Waals surface area contributed by atoms with Gasteiger partial charge >= 0.3 is 0 Å². The third-order valence-corrected chi connectivity index (χ3v) is 13.1. The Morgan fingerprint density at radius 1 is 0.273 bits per heavy atom. The molecule has 0 radical (unpaired) electrons. The summed E-state index contributed by atoms with van der Waals surface area (Å²) in [6, 6.07) is 72.3. The maximum Gasteiger partial charge on any atom is 0.132 e. The Hall–Kier alpha value is -6.96. The van der Waals surface area contributed by atoms with Crippen LogP contribution in [0.3, 0.4) is 0 Å². The van der Waals surface area contributed by atoms with E-state index in [-0.39, 0.29) is 0 Å². The summed E-state index contributed by atoms with van der Waals surface area (Å²) in [6.07, 6.45) is 0. The number of hydrogen-bond donors (Lipinski definition) is 0. The van der Waals surface area contributed by atoms with Gasteiger partial charge in [0.1, 0.15) is 11.5 Å². The molecule has 9 aromatic rings. The number of rotatable bonds is 1. The molecule has 0 amide bonds. The zero-order valence-corrected chi connectivity index (χ0v) is 29.9. The minimum atomic E-state index is -0.481. The molecule has 55 heavy (non-hydrogen) atoms. The number of para-hydroxylation sites is 1. The van der Waals surface area contributed by atoms with E-state index >= 15 is 0 Å². The lowest BCUT2D eigenvalue weighted by molar-refractivity contribution is 0.436. The van der Waals surface area contributed by atoms with Gasteiger partial charge in [0.25, 0.3) is 0 Å².